The summed E-state index contributed by atoms with van der Waals surface area (Å²) in [6.45, 7) is 0.928. The van der Waals surface area contributed by atoms with Crippen molar-refractivity contribution in [2.24, 2.45) is 5.92 Å². The molecular formula is C14H18FN3O2. The predicted octanol–water partition coefficient (Wildman–Crippen LogP) is 1.01. The lowest BCUT2D eigenvalue weighted by atomic mass is 9.96. The zero-order valence-corrected chi connectivity index (χ0v) is 11.4. The Labute approximate surface area is 116 Å². The molecule has 20 heavy (non-hydrogen) atoms. The van der Waals surface area contributed by atoms with Gasteiger partial charge in [0.25, 0.3) is 5.91 Å². The maximum Gasteiger partial charge on any atom is 0.254 e. The smallest absolute Gasteiger partial charge is 0.254 e. The Hall–Kier alpha value is -2.11. The van der Waals surface area contributed by atoms with Crippen LogP contribution in [0.1, 0.15) is 23.2 Å². The largest absolute Gasteiger partial charge is 0.399 e. The molecule has 3 N–H and O–H groups in total. The van der Waals surface area contributed by atoms with Crippen LogP contribution in [0.5, 0.6) is 0 Å². The minimum absolute atomic E-state index is 0.0683. The number of rotatable bonds is 2. The Kier molecular flexibility index (Phi) is 4.22. The standard InChI is InChI=1S/C14H18FN3O2/c1-17-13(19)9-3-2-4-18(8-9)14(20)10-5-11(15)7-12(16)6-10/h5-7,9H,2-4,8,16H2,1H3,(H,17,19). The molecule has 1 fully saturated rings. The average molecular weight is 279 g/mol. The van der Waals surface area contributed by atoms with Gasteiger partial charge in [0, 0.05) is 31.4 Å². The van der Waals surface area contributed by atoms with Gasteiger partial charge in [0.2, 0.25) is 5.91 Å². The van der Waals surface area contributed by atoms with Gasteiger partial charge >= 0.3 is 0 Å². The molecule has 2 rings (SSSR count). The molecule has 0 spiro atoms. The van der Waals surface area contributed by atoms with E-state index in [1.165, 1.54) is 18.2 Å². The SMILES string of the molecule is CNC(=O)C1CCCN(C(=O)c2cc(N)cc(F)c2)C1. The number of carbonyl (C=O) groups is 2. The van der Waals surface area contributed by atoms with Gasteiger partial charge in [0.15, 0.2) is 0 Å². The van der Waals surface area contributed by atoms with Gasteiger partial charge in [-0.1, -0.05) is 0 Å². The van der Waals surface area contributed by atoms with E-state index < -0.39 is 5.82 Å². The summed E-state index contributed by atoms with van der Waals surface area (Å²) in [5.41, 5.74) is 5.99. The van der Waals surface area contributed by atoms with Crippen molar-refractivity contribution in [3.8, 4) is 0 Å². The van der Waals surface area contributed by atoms with Crippen LogP contribution in [-0.2, 0) is 4.79 Å². The zero-order chi connectivity index (χ0) is 14.7. The molecule has 108 valence electrons. The fourth-order valence-electron chi connectivity index (χ4n) is 2.50. The van der Waals surface area contributed by atoms with Gasteiger partial charge in [-0.05, 0) is 31.0 Å². The minimum Gasteiger partial charge on any atom is -0.399 e. The van der Waals surface area contributed by atoms with Crippen molar-refractivity contribution >= 4 is 17.5 Å². The minimum atomic E-state index is -0.534. The van der Waals surface area contributed by atoms with E-state index in [0.29, 0.717) is 13.1 Å². The maximum atomic E-state index is 13.3. The van der Waals surface area contributed by atoms with Crippen molar-refractivity contribution in [3.63, 3.8) is 0 Å². The molecule has 1 saturated heterocycles. The number of anilines is 1. The number of carbonyl (C=O) groups excluding carboxylic acids is 2. The number of piperidine rings is 1. The van der Waals surface area contributed by atoms with E-state index in [-0.39, 0.29) is 29.0 Å². The van der Waals surface area contributed by atoms with Gasteiger partial charge in [0.1, 0.15) is 5.82 Å². The summed E-state index contributed by atoms with van der Waals surface area (Å²) >= 11 is 0. The molecule has 1 aromatic rings. The molecule has 1 heterocycles. The maximum absolute atomic E-state index is 13.3. The van der Waals surface area contributed by atoms with Crippen LogP contribution in [0.25, 0.3) is 0 Å². The van der Waals surface area contributed by atoms with E-state index in [4.69, 9.17) is 5.73 Å². The first-order chi connectivity index (χ1) is 9.51. The van der Waals surface area contributed by atoms with Gasteiger partial charge in [-0.3, -0.25) is 9.59 Å². The molecule has 5 nitrogen and oxygen atoms in total. The highest BCUT2D eigenvalue weighted by molar-refractivity contribution is 5.95. The Morgan fingerprint density at radius 2 is 2.15 bits per heavy atom. The number of hydrogen-bond donors (Lipinski definition) is 2. The topological polar surface area (TPSA) is 75.4 Å². The molecule has 0 bridgehead atoms. The molecule has 1 aromatic carbocycles. The van der Waals surface area contributed by atoms with E-state index in [1.54, 1.807) is 11.9 Å². The van der Waals surface area contributed by atoms with E-state index in [0.717, 1.165) is 12.8 Å². The Balaban J connectivity index is 2.14. The summed E-state index contributed by atoms with van der Waals surface area (Å²) in [6, 6.07) is 3.79. The van der Waals surface area contributed by atoms with Crippen LogP contribution in [0.3, 0.4) is 0 Å². The fourth-order valence-corrected chi connectivity index (χ4v) is 2.50. The molecule has 0 aromatic heterocycles. The van der Waals surface area contributed by atoms with Crippen molar-refractivity contribution in [2.45, 2.75) is 12.8 Å². The third-order valence-electron chi connectivity index (χ3n) is 3.49. The number of nitrogen functional groups attached to an aromatic ring is 1. The Morgan fingerprint density at radius 3 is 2.80 bits per heavy atom. The van der Waals surface area contributed by atoms with Gasteiger partial charge < -0.3 is 16.0 Å². The summed E-state index contributed by atoms with van der Waals surface area (Å²) in [4.78, 5) is 25.6. The Morgan fingerprint density at radius 1 is 1.40 bits per heavy atom. The number of benzene rings is 1. The van der Waals surface area contributed by atoms with Gasteiger partial charge in [0.05, 0.1) is 5.92 Å². The first-order valence-corrected chi connectivity index (χ1v) is 6.58. The Bertz CT molecular complexity index is 513. The highest BCUT2D eigenvalue weighted by Gasteiger charge is 2.28. The van der Waals surface area contributed by atoms with Crippen molar-refractivity contribution < 1.29 is 14.0 Å². The lowest BCUT2D eigenvalue weighted by Gasteiger charge is -2.32. The number of likely N-dealkylation sites (tertiary alicyclic amines) is 1. The monoisotopic (exact) mass is 279 g/mol. The van der Waals surface area contributed by atoms with Crippen LogP contribution in [-0.4, -0.2) is 36.9 Å². The van der Waals surface area contributed by atoms with Gasteiger partial charge in [-0.2, -0.15) is 0 Å². The highest BCUT2D eigenvalue weighted by atomic mass is 19.1. The number of halogens is 1. The van der Waals surface area contributed by atoms with Crippen LogP contribution in [0.2, 0.25) is 0 Å². The summed E-state index contributed by atoms with van der Waals surface area (Å²) in [5.74, 6) is -1.09. The van der Waals surface area contributed by atoms with Crippen LogP contribution in [0, 0.1) is 11.7 Å². The first-order valence-electron chi connectivity index (χ1n) is 6.58. The van der Waals surface area contributed by atoms with Crippen molar-refractivity contribution in [1.29, 1.82) is 0 Å². The second-order valence-corrected chi connectivity index (χ2v) is 4.98. The molecule has 1 aliphatic rings. The second kappa shape index (κ2) is 5.90. The number of nitrogens with two attached hydrogens (primary N) is 1. The van der Waals surface area contributed by atoms with Crippen molar-refractivity contribution in [3.05, 3.63) is 29.6 Å². The molecule has 1 atom stereocenters. The molecule has 1 aliphatic heterocycles. The predicted molar refractivity (Wildman–Crippen MR) is 73.5 cm³/mol. The highest BCUT2D eigenvalue weighted by Crippen LogP contribution is 2.20. The number of nitrogens with one attached hydrogen (secondary N) is 1. The third kappa shape index (κ3) is 3.07. The zero-order valence-electron chi connectivity index (χ0n) is 11.4. The number of amides is 2. The fraction of sp³-hybridized carbons (Fsp3) is 0.429. The van der Waals surface area contributed by atoms with Crippen molar-refractivity contribution in [1.82, 2.24) is 10.2 Å². The van der Waals surface area contributed by atoms with E-state index in [2.05, 4.69) is 5.32 Å². The van der Waals surface area contributed by atoms with E-state index >= 15 is 0 Å². The second-order valence-electron chi connectivity index (χ2n) is 4.98. The molecule has 0 aliphatic carbocycles. The number of hydrogen-bond acceptors (Lipinski definition) is 3. The van der Waals surface area contributed by atoms with Crippen LogP contribution in [0.15, 0.2) is 18.2 Å². The van der Waals surface area contributed by atoms with Crippen molar-refractivity contribution in [2.75, 3.05) is 25.9 Å². The molecule has 2 amide bonds. The summed E-state index contributed by atoms with van der Waals surface area (Å²) in [6.07, 6.45) is 1.52. The van der Waals surface area contributed by atoms with Crippen LogP contribution in [0.4, 0.5) is 10.1 Å². The molecular weight excluding hydrogens is 261 g/mol. The first kappa shape index (κ1) is 14.3. The molecule has 1 unspecified atom stereocenters. The summed E-state index contributed by atoms with van der Waals surface area (Å²) in [7, 11) is 1.58. The van der Waals surface area contributed by atoms with Gasteiger partial charge in [-0.15, -0.1) is 0 Å². The van der Waals surface area contributed by atoms with Gasteiger partial charge in [-0.25, -0.2) is 4.39 Å². The number of nitrogens with zero attached hydrogens (tertiary/aromatic N) is 1. The lowest BCUT2D eigenvalue weighted by Crippen LogP contribution is -2.44. The molecule has 6 heteroatoms. The van der Waals surface area contributed by atoms with Crippen LogP contribution < -0.4 is 11.1 Å². The quantitative estimate of drug-likeness (QED) is 0.793. The van der Waals surface area contributed by atoms with Crippen LogP contribution >= 0.6 is 0 Å². The van der Waals surface area contributed by atoms with E-state index in [1.807, 2.05) is 0 Å². The third-order valence-corrected chi connectivity index (χ3v) is 3.49. The normalized spacial score (nSPS) is 18.7. The molecule has 0 saturated carbocycles. The summed E-state index contributed by atoms with van der Waals surface area (Å²) < 4.78 is 13.3. The summed E-state index contributed by atoms with van der Waals surface area (Å²) in [5, 5.41) is 2.60. The molecule has 0 radical (unpaired) electrons. The average Bonchev–Trinajstić information content (AvgIpc) is 2.44. The van der Waals surface area contributed by atoms with E-state index in [9.17, 15) is 14.0 Å². The lowest BCUT2D eigenvalue weighted by molar-refractivity contribution is -0.125.